The van der Waals surface area contributed by atoms with Gasteiger partial charge in [0, 0.05) is 28.8 Å². The molecule has 0 unspecified atom stereocenters. The quantitative estimate of drug-likeness (QED) is 0.618. The van der Waals surface area contributed by atoms with Crippen molar-refractivity contribution in [1.82, 2.24) is 5.32 Å². The molecule has 0 bridgehead atoms. The first-order valence-corrected chi connectivity index (χ1v) is 7.06. The fraction of sp³-hybridized carbons (Fsp3) is 0.400. The van der Waals surface area contributed by atoms with E-state index in [1.807, 2.05) is 17.4 Å². The van der Waals surface area contributed by atoms with Gasteiger partial charge >= 0.3 is 0 Å². The molecule has 0 aromatic carbocycles. The van der Waals surface area contributed by atoms with Crippen LogP contribution in [0.1, 0.15) is 23.6 Å². The fourth-order valence-corrected chi connectivity index (χ4v) is 2.23. The highest BCUT2D eigenvalue weighted by atomic mass is 32.1. The van der Waals surface area contributed by atoms with Crippen LogP contribution in [-0.4, -0.2) is 12.5 Å². The van der Waals surface area contributed by atoms with Crippen LogP contribution in [0.3, 0.4) is 0 Å². The van der Waals surface area contributed by atoms with Gasteiger partial charge in [-0.25, -0.2) is 0 Å². The largest absolute Gasteiger partial charge is 0.352 e. The Morgan fingerprint density at radius 3 is 2.78 bits per heavy atom. The van der Waals surface area contributed by atoms with Crippen molar-refractivity contribution < 1.29 is 4.79 Å². The predicted octanol–water partition coefficient (Wildman–Crippen LogP) is 3.48. The minimum atomic E-state index is -0.0275. The van der Waals surface area contributed by atoms with E-state index in [0.717, 1.165) is 13.0 Å². The number of aryl methyl sites for hydroxylation is 1. The van der Waals surface area contributed by atoms with Crippen LogP contribution >= 0.6 is 11.3 Å². The third-order valence-electron chi connectivity index (χ3n) is 2.29. The van der Waals surface area contributed by atoms with E-state index in [1.54, 1.807) is 12.2 Å². The standard InChI is InChI=1S/C15H21NOS/c1-12(2)11-16-15(17)8-6-4-5-7-14-10-9-13(3)18-14/h4-6,8-10,12H,7,11H2,1-3H3,(H,16,17). The molecule has 98 valence electrons. The van der Waals surface area contributed by atoms with Gasteiger partial charge in [-0.1, -0.05) is 32.1 Å². The topological polar surface area (TPSA) is 29.1 Å². The van der Waals surface area contributed by atoms with Crippen molar-refractivity contribution >= 4 is 17.2 Å². The van der Waals surface area contributed by atoms with E-state index in [9.17, 15) is 4.79 Å². The van der Waals surface area contributed by atoms with Crippen molar-refractivity contribution in [2.45, 2.75) is 27.2 Å². The molecule has 1 aromatic heterocycles. The number of thiophene rings is 1. The minimum absolute atomic E-state index is 0.0275. The van der Waals surface area contributed by atoms with Crippen molar-refractivity contribution in [1.29, 1.82) is 0 Å². The molecule has 1 heterocycles. The second-order valence-corrected chi connectivity index (χ2v) is 6.02. The van der Waals surface area contributed by atoms with Crippen molar-refractivity contribution in [2.24, 2.45) is 5.92 Å². The van der Waals surface area contributed by atoms with Gasteiger partial charge in [0.25, 0.3) is 0 Å². The Kier molecular flexibility index (Phi) is 6.44. The second-order valence-electron chi connectivity index (χ2n) is 4.64. The molecule has 0 fully saturated rings. The van der Waals surface area contributed by atoms with Crippen LogP contribution in [0.15, 0.2) is 36.4 Å². The molecule has 1 rings (SSSR count). The summed E-state index contributed by atoms with van der Waals surface area (Å²) in [4.78, 5) is 14.0. The smallest absolute Gasteiger partial charge is 0.243 e. The Labute approximate surface area is 113 Å². The van der Waals surface area contributed by atoms with Crippen LogP contribution in [0, 0.1) is 12.8 Å². The Morgan fingerprint density at radius 1 is 1.39 bits per heavy atom. The van der Waals surface area contributed by atoms with E-state index in [4.69, 9.17) is 0 Å². The van der Waals surface area contributed by atoms with E-state index in [2.05, 4.69) is 44.3 Å². The number of amides is 1. The maximum absolute atomic E-state index is 11.4. The number of nitrogens with one attached hydrogen (secondary N) is 1. The van der Waals surface area contributed by atoms with Crippen LogP contribution in [0.5, 0.6) is 0 Å². The van der Waals surface area contributed by atoms with Crippen molar-refractivity contribution in [3.8, 4) is 0 Å². The summed E-state index contributed by atoms with van der Waals surface area (Å²) in [6.07, 6.45) is 8.27. The highest BCUT2D eigenvalue weighted by Crippen LogP contribution is 2.15. The second kappa shape index (κ2) is 7.88. The van der Waals surface area contributed by atoms with Crippen LogP contribution < -0.4 is 5.32 Å². The van der Waals surface area contributed by atoms with Crippen LogP contribution in [0.4, 0.5) is 0 Å². The van der Waals surface area contributed by atoms with E-state index in [-0.39, 0.29) is 5.91 Å². The molecule has 0 aliphatic heterocycles. The van der Waals surface area contributed by atoms with Gasteiger partial charge in [-0.05, 0) is 25.0 Å². The van der Waals surface area contributed by atoms with Gasteiger partial charge in [0.15, 0.2) is 0 Å². The summed E-state index contributed by atoms with van der Waals surface area (Å²) in [6, 6.07) is 4.27. The number of hydrogen-bond acceptors (Lipinski definition) is 2. The number of carbonyl (C=O) groups excluding carboxylic acids is 1. The van der Waals surface area contributed by atoms with Crippen LogP contribution in [-0.2, 0) is 11.2 Å². The van der Waals surface area contributed by atoms with E-state index in [1.165, 1.54) is 9.75 Å². The average Bonchev–Trinajstić information content (AvgIpc) is 2.72. The molecule has 1 aromatic rings. The summed E-state index contributed by atoms with van der Waals surface area (Å²) in [5, 5.41) is 2.84. The SMILES string of the molecule is Cc1ccc(CC=CC=CC(=O)NCC(C)C)s1. The maximum atomic E-state index is 11.4. The van der Waals surface area contributed by atoms with Crippen molar-refractivity contribution in [3.63, 3.8) is 0 Å². The monoisotopic (exact) mass is 263 g/mol. The molecular formula is C15H21NOS. The molecule has 18 heavy (non-hydrogen) atoms. The highest BCUT2D eigenvalue weighted by molar-refractivity contribution is 7.11. The lowest BCUT2D eigenvalue weighted by Crippen LogP contribution is -2.25. The Morgan fingerprint density at radius 2 is 2.17 bits per heavy atom. The molecule has 1 N–H and O–H groups in total. The van der Waals surface area contributed by atoms with Crippen LogP contribution in [0.25, 0.3) is 0 Å². The molecule has 2 nitrogen and oxygen atoms in total. The van der Waals surface area contributed by atoms with Gasteiger partial charge in [0.2, 0.25) is 5.91 Å². The lowest BCUT2D eigenvalue weighted by Gasteiger charge is -2.03. The first kappa shape index (κ1) is 14.7. The minimum Gasteiger partial charge on any atom is -0.352 e. The van der Waals surface area contributed by atoms with Crippen molar-refractivity contribution in [3.05, 3.63) is 46.2 Å². The summed E-state index contributed by atoms with van der Waals surface area (Å²) in [6.45, 7) is 6.98. The molecular weight excluding hydrogens is 242 g/mol. The van der Waals surface area contributed by atoms with E-state index < -0.39 is 0 Å². The maximum Gasteiger partial charge on any atom is 0.243 e. The first-order chi connectivity index (χ1) is 8.58. The third kappa shape index (κ3) is 6.40. The predicted molar refractivity (Wildman–Crippen MR) is 78.9 cm³/mol. The first-order valence-electron chi connectivity index (χ1n) is 6.24. The van der Waals surface area contributed by atoms with Gasteiger partial charge in [0.1, 0.15) is 0 Å². The summed E-state index contributed by atoms with van der Waals surface area (Å²) >= 11 is 1.81. The van der Waals surface area contributed by atoms with Gasteiger partial charge in [0.05, 0.1) is 0 Å². The molecule has 1 amide bonds. The van der Waals surface area contributed by atoms with Gasteiger partial charge in [-0.2, -0.15) is 0 Å². The third-order valence-corrected chi connectivity index (χ3v) is 3.32. The lowest BCUT2D eigenvalue weighted by molar-refractivity contribution is -0.116. The molecule has 0 atom stereocenters. The molecule has 0 aliphatic rings. The number of rotatable bonds is 6. The zero-order chi connectivity index (χ0) is 13.4. The Bertz CT molecular complexity index is 429. The molecule has 3 heteroatoms. The number of carbonyl (C=O) groups is 1. The van der Waals surface area contributed by atoms with E-state index in [0.29, 0.717) is 5.92 Å². The zero-order valence-electron chi connectivity index (χ0n) is 11.3. The van der Waals surface area contributed by atoms with Gasteiger partial charge in [-0.3, -0.25) is 4.79 Å². The van der Waals surface area contributed by atoms with Crippen LogP contribution in [0.2, 0.25) is 0 Å². The number of hydrogen-bond donors (Lipinski definition) is 1. The lowest BCUT2D eigenvalue weighted by atomic mass is 10.2. The summed E-state index contributed by atoms with van der Waals surface area (Å²) < 4.78 is 0. The molecule has 0 saturated heterocycles. The highest BCUT2D eigenvalue weighted by Gasteiger charge is 1.96. The summed E-state index contributed by atoms with van der Waals surface area (Å²) in [5.74, 6) is 0.459. The van der Waals surface area contributed by atoms with E-state index >= 15 is 0 Å². The summed E-state index contributed by atoms with van der Waals surface area (Å²) in [7, 11) is 0. The summed E-state index contributed by atoms with van der Waals surface area (Å²) in [5.41, 5.74) is 0. The van der Waals surface area contributed by atoms with Crippen molar-refractivity contribution in [2.75, 3.05) is 6.54 Å². The Hall–Kier alpha value is -1.35. The van der Waals surface area contributed by atoms with Gasteiger partial charge < -0.3 is 5.32 Å². The molecule has 0 aliphatic carbocycles. The Balaban J connectivity index is 2.25. The zero-order valence-corrected chi connectivity index (χ0v) is 12.1. The fourth-order valence-electron chi connectivity index (χ4n) is 1.36. The molecule has 0 saturated carbocycles. The van der Waals surface area contributed by atoms with Gasteiger partial charge in [-0.15, -0.1) is 11.3 Å². The number of allylic oxidation sites excluding steroid dienone is 3. The molecule has 0 radical (unpaired) electrons. The average molecular weight is 263 g/mol. The normalized spacial score (nSPS) is 11.8. The molecule has 0 spiro atoms.